The summed E-state index contributed by atoms with van der Waals surface area (Å²) in [6, 6.07) is 6.34. The zero-order valence-electron chi connectivity index (χ0n) is 10.3. The molecular weight excluding hydrogens is 184 g/mol. The number of aliphatic imine (C=N–C) groups is 1. The quantitative estimate of drug-likeness (QED) is 0.578. The maximum absolute atomic E-state index is 4.38. The second-order valence-electron chi connectivity index (χ2n) is 4.89. The minimum Gasteiger partial charge on any atom is -0.346 e. The van der Waals surface area contributed by atoms with Gasteiger partial charge in [-0.15, -0.1) is 0 Å². The molecule has 1 N–H and O–H groups in total. The first-order chi connectivity index (χ1) is 6.88. The summed E-state index contributed by atoms with van der Waals surface area (Å²) in [5.41, 5.74) is 3.63. The lowest BCUT2D eigenvalue weighted by Gasteiger charge is -2.12. The average molecular weight is 204 g/mol. The fraction of sp³-hybridized carbons (Fsp3) is 0.462. The highest BCUT2D eigenvalue weighted by Gasteiger charge is 2.04. The lowest BCUT2D eigenvalue weighted by molar-refractivity contribution is 0.586. The molecular formula is C13H20N2. The number of aryl methyl sites for hydroxylation is 2. The van der Waals surface area contributed by atoms with Crippen molar-refractivity contribution in [1.82, 2.24) is 0 Å². The van der Waals surface area contributed by atoms with Crippen molar-refractivity contribution in [3.05, 3.63) is 29.3 Å². The van der Waals surface area contributed by atoms with E-state index in [1.807, 2.05) is 0 Å². The molecule has 0 radical (unpaired) electrons. The fourth-order valence-electron chi connectivity index (χ4n) is 1.27. The van der Waals surface area contributed by atoms with E-state index in [1.54, 1.807) is 6.34 Å². The van der Waals surface area contributed by atoms with Crippen LogP contribution in [0.2, 0.25) is 0 Å². The summed E-state index contributed by atoms with van der Waals surface area (Å²) < 4.78 is 0. The van der Waals surface area contributed by atoms with Crippen molar-refractivity contribution in [2.45, 2.75) is 40.2 Å². The molecule has 0 unspecified atom stereocenters. The summed E-state index contributed by atoms with van der Waals surface area (Å²) in [5, 5.41) is 3.21. The summed E-state index contributed by atoms with van der Waals surface area (Å²) in [5.74, 6) is 0. The molecule has 0 amide bonds. The zero-order chi connectivity index (χ0) is 11.5. The van der Waals surface area contributed by atoms with Gasteiger partial charge >= 0.3 is 0 Å². The van der Waals surface area contributed by atoms with E-state index in [-0.39, 0.29) is 5.54 Å². The number of hydrogen-bond acceptors (Lipinski definition) is 1. The Morgan fingerprint density at radius 3 is 2.40 bits per heavy atom. The van der Waals surface area contributed by atoms with Gasteiger partial charge in [-0.1, -0.05) is 17.7 Å². The molecule has 1 aromatic rings. The minimum atomic E-state index is -0.0222. The predicted octanol–water partition coefficient (Wildman–Crippen LogP) is 3.54. The number of benzene rings is 1. The highest BCUT2D eigenvalue weighted by molar-refractivity contribution is 5.77. The van der Waals surface area contributed by atoms with Crippen LogP contribution in [0.4, 0.5) is 5.69 Å². The summed E-state index contributed by atoms with van der Waals surface area (Å²) in [6.45, 7) is 10.4. The second-order valence-corrected chi connectivity index (χ2v) is 4.89. The van der Waals surface area contributed by atoms with E-state index in [9.17, 15) is 0 Å². The largest absolute Gasteiger partial charge is 0.346 e. The topological polar surface area (TPSA) is 24.4 Å². The molecule has 0 aliphatic heterocycles. The molecule has 82 valence electrons. The number of rotatable bonds is 2. The third-order valence-electron chi connectivity index (χ3n) is 2.05. The summed E-state index contributed by atoms with van der Waals surface area (Å²) in [6.07, 6.45) is 1.78. The first-order valence-electron chi connectivity index (χ1n) is 5.26. The highest BCUT2D eigenvalue weighted by atomic mass is 15.0. The van der Waals surface area contributed by atoms with E-state index in [0.29, 0.717) is 0 Å². The lowest BCUT2D eigenvalue weighted by Crippen LogP contribution is -2.11. The maximum Gasteiger partial charge on any atom is 0.0874 e. The van der Waals surface area contributed by atoms with Crippen molar-refractivity contribution in [2.24, 2.45) is 4.99 Å². The summed E-state index contributed by atoms with van der Waals surface area (Å²) in [7, 11) is 0. The molecule has 0 saturated carbocycles. The van der Waals surface area contributed by atoms with E-state index >= 15 is 0 Å². The standard InChI is InChI=1S/C13H20N2/c1-10-6-7-12(11(2)8-10)14-9-15-13(3,4)5/h6-9H,1-5H3,(H,14,15). The van der Waals surface area contributed by atoms with Crippen molar-refractivity contribution in [1.29, 1.82) is 0 Å². The fourth-order valence-corrected chi connectivity index (χ4v) is 1.27. The van der Waals surface area contributed by atoms with Crippen molar-refractivity contribution in [2.75, 3.05) is 5.32 Å². The van der Waals surface area contributed by atoms with E-state index in [4.69, 9.17) is 0 Å². The average Bonchev–Trinajstić information content (AvgIpc) is 2.07. The van der Waals surface area contributed by atoms with Crippen molar-refractivity contribution in [3.8, 4) is 0 Å². The van der Waals surface area contributed by atoms with Gasteiger partial charge in [0.05, 0.1) is 11.9 Å². The van der Waals surface area contributed by atoms with Crippen LogP contribution in [0.5, 0.6) is 0 Å². The predicted molar refractivity (Wildman–Crippen MR) is 67.8 cm³/mol. The van der Waals surface area contributed by atoms with Crippen LogP contribution in [0, 0.1) is 13.8 Å². The third-order valence-corrected chi connectivity index (χ3v) is 2.05. The zero-order valence-corrected chi connectivity index (χ0v) is 10.3. The Kier molecular flexibility index (Phi) is 3.51. The lowest BCUT2D eigenvalue weighted by atomic mass is 10.1. The normalized spacial score (nSPS) is 12.1. The monoisotopic (exact) mass is 204 g/mol. The third kappa shape index (κ3) is 4.15. The summed E-state index contributed by atoms with van der Waals surface area (Å²) in [4.78, 5) is 4.38. The van der Waals surface area contributed by atoms with Gasteiger partial charge in [0.25, 0.3) is 0 Å². The van der Waals surface area contributed by atoms with Crippen molar-refractivity contribution in [3.63, 3.8) is 0 Å². The SMILES string of the molecule is Cc1ccc(NC=NC(C)(C)C)c(C)c1. The molecule has 0 aliphatic carbocycles. The van der Waals surface area contributed by atoms with Crippen LogP contribution in [-0.4, -0.2) is 11.9 Å². The van der Waals surface area contributed by atoms with Crippen LogP contribution in [0.3, 0.4) is 0 Å². The molecule has 0 aliphatic rings. The minimum absolute atomic E-state index is 0.0222. The number of hydrogen-bond donors (Lipinski definition) is 1. The Bertz CT molecular complexity index is 359. The molecule has 0 spiro atoms. The molecule has 0 saturated heterocycles. The van der Waals surface area contributed by atoms with Gasteiger partial charge in [-0.3, -0.25) is 4.99 Å². The molecule has 0 fully saturated rings. The molecule has 2 heteroatoms. The Labute approximate surface area is 92.4 Å². The molecule has 0 heterocycles. The molecule has 15 heavy (non-hydrogen) atoms. The smallest absolute Gasteiger partial charge is 0.0874 e. The first kappa shape index (κ1) is 11.8. The molecule has 0 bridgehead atoms. The van der Waals surface area contributed by atoms with Crippen molar-refractivity contribution < 1.29 is 0 Å². The number of nitrogens with one attached hydrogen (secondary N) is 1. The van der Waals surface area contributed by atoms with Gasteiger partial charge in [0.15, 0.2) is 0 Å². The van der Waals surface area contributed by atoms with Crippen LogP contribution >= 0.6 is 0 Å². The van der Waals surface area contributed by atoms with E-state index in [1.165, 1.54) is 11.1 Å². The summed E-state index contributed by atoms with van der Waals surface area (Å²) >= 11 is 0. The van der Waals surface area contributed by atoms with Crippen LogP contribution in [0.15, 0.2) is 23.2 Å². The van der Waals surface area contributed by atoms with Crippen LogP contribution < -0.4 is 5.32 Å². The van der Waals surface area contributed by atoms with Crippen LogP contribution in [0.25, 0.3) is 0 Å². The molecule has 2 nitrogen and oxygen atoms in total. The number of nitrogens with zero attached hydrogens (tertiary/aromatic N) is 1. The van der Waals surface area contributed by atoms with Gasteiger partial charge in [0.1, 0.15) is 0 Å². The van der Waals surface area contributed by atoms with E-state index in [0.717, 1.165) is 5.69 Å². The van der Waals surface area contributed by atoms with Crippen LogP contribution in [-0.2, 0) is 0 Å². The van der Waals surface area contributed by atoms with Gasteiger partial charge in [-0.25, -0.2) is 0 Å². The molecule has 1 rings (SSSR count). The van der Waals surface area contributed by atoms with E-state index < -0.39 is 0 Å². The highest BCUT2D eigenvalue weighted by Crippen LogP contribution is 2.15. The molecule has 0 aromatic heterocycles. The van der Waals surface area contributed by atoms with E-state index in [2.05, 4.69) is 63.1 Å². The van der Waals surface area contributed by atoms with Gasteiger partial charge in [0, 0.05) is 5.69 Å². The van der Waals surface area contributed by atoms with Crippen molar-refractivity contribution >= 4 is 12.0 Å². The first-order valence-corrected chi connectivity index (χ1v) is 5.26. The Morgan fingerprint density at radius 2 is 1.87 bits per heavy atom. The Balaban J connectivity index is 2.70. The van der Waals surface area contributed by atoms with Gasteiger partial charge in [-0.2, -0.15) is 0 Å². The van der Waals surface area contributed by atoms with Gasteiger partial charge < -0.3 is 5.32 Å². The Hall–Kier alpha value is -1.31. The molecule has 1 aromatic carbocycles. The second kappa shape index (κ2) is 4.47. The van der Waals surface area contributed by atoms with Crippen LogP contribution in [0.1, 0.15) is 31.9 Å². The van der Waals surface area contributed by atoms with Gasteiger partial charge in [-0.05, 0) is 46.2 Å². The number of anilines is 1. The Morgan fingerprint density at radius 1 is 1.20 bits per heavy atom. The molecule has 0 atom stereocenters. The maximum atomic E-state index is 4.38. The van der Waals surface area contributed by atoms with Gasteiger partial charge in [0.2, 0.25) is 0 Å².